The Morgan fingerprint density at radius 2 is 1.94 bits per heavy atom. The highest BCUT2D eigenvalue weighted by Gasteiger charge is 2.43. The number of amides is 1. The number of hydrogen-bond donors (Lipinski definition) is 3. The van der Waals surface area contributed by atoms with Crippen molar-refractivity contribution in [3.05, 3.63) is 59.7 Å². The molecule has 1 fully saturated rings. The Hall–Kier alpha value is -2.44. The van der Waals surface area contributed by atoms with Gasteiger partial charge in [0.15, 0.2) is 0 Å². The number of esters is 1. The third-order valence-corrected chi connectivity index (χ3v) is 6.78. The number of benzene rings is 1. The first-order valence-corrected chi connectivity index (χ1v) is 12.9. The van der Waals surface area contributed by atoms with Crippen LogP contribution in [0.15, 0.2) is 54.1 Å². The van der Waals surface area contributed by atoms with Gasteiger partial charge in [-0.05, 0) is 69.8 Å². The predicted octanol–water partition coefficient (Wildman–Crippen LogP) is 4.36. The van der Waals surface area contributed by atoms with Gasteiger partial charge in [0.25, 0.3) is 0 Å². The summed E-state index contributed by atoms with van der Waals surface area (Å²) in [4.78, 5) is 23.0. The van der Waals surface area contributed by atoms with Gasteiger partial charge < -0.3 is 20.3 Å². The molecule has 0 spiro atoms. The van der Waals surface area contributed by atoms with Crippen LogP contribution in [0.1, 0.15) is 64.9 Å². The maximum Gasteiger partial charge on any atom is 0.302 e. The molecular formula is C29H43NO5. The maximum absolute atomic E-state index is 11.6. The first-order chi connectivity index (χ1) is 16.8. The van der Waals surface area contributed by atoms with Gasteiger partial charge in [-0.15, -0.1) is 0 Å². The van der Waals surface area contributed by atoms with Crippen LogP contribution in [-0.4, -0.2) is 47.4 Å². The number of unbranched alkanes of at least 4 members (excludes halogenated alkanes) is 1. The fraction of sp³-hybridized carbons (Fsp3) is 0.586. The Kier molecular flexibility index (Phi) is 12.8. The summed E-state index contributed by atoms with van der Waals surface area (Å²) >= 11 is 0. The van der Waals surface area contributed by atoms with Crippen molar-refractivity contribution in [3.8, 4) is 0 Å². The van der Waals surface area contributed by atoms with E-state index in [4.69, 9.17) is 4.74 Å². The summed E-state index contributed by atoms with van der Waals surface area (Å²) in [5.41, 5.74) is 2.23. The van der Waals surface area contributed by atoms with Crippen molar-refractivity contribution in [1.29, 1.82) is 0 Å². The van der Waals surface area contributed by atoms with Gasteiger partial charge in [-0.3, -0.25) is 9.59 Å². The van der Waals surface area contributed by atoms with Gasteiger partial charge in [0.05, 0.1) is 18.8 Å². The molecule has 194 valence electrons. The molecule has 5 atom stereocenters. The predicted molar refractivity (Wildman–Crippen MR) is 139 cm³/mol. The molecular weight excluding hydrogens is 442 g/mol. The molecule has 3 N–H and O–H groups in total. The van der Waals surface area contributed by atoms with E-state index in [1.807, 2.05) is 38.1 Å². The van der Waals surface area contributed by atoms with Crippen LogP contribution in [0.5, 0.6) is 0 Å². The molecule has 1 amide bonds. The van der Waals surface area contributed by atoms with Crippen LogP contribution in [0.25, 0.3) is 0 Å². The topological polar surface area (TPSA) is 95.9 Å². The van der Waals surface area contributed by atoms with Crippen molar-refractivity contribution in [2.75, 3.05) is 13.2 Å². The van der Waals surface area contributed by atoms with E-state index < -0.39 is 12.2 Å². The molecule has 1 aliphatic rings. The van der Waals surface area contributed by atoms with Crippen LogP contribution in [0.2, 0.25) is 0 Å². The summed E-state index contributed by atoms with van der Waals surface area (Å²) in [6.07, 6.45) is 9.82. The minimum absolute atomic E-state index is 0.00669. The van der Waals surface area contributed by atoms with Crippen molar-refractivity contribution in [2.24, 2.45) is 17.8 Å². The average molecular weight is 486 g/mol. The molecule has 2 rings (SSSR count). The number of aliphatic hydroxyl groups excluding tert-OH is 2. The summed E-state index contributed by atoms with van der Waals surface area (Å²) < 4.78 is 5.32. The highest BCUT2D eigenvalue weighted by molar-refractivity contribution is 5.75. The van der Waals surface area contributed by atoms with Gasteiger partial charge in [-0.25, -0.2) is 0 Å². The van der Waals surface area contributed by atoms with Crippen LogP contribution in [0.3, 0.4) is 0 Å². The lowest BCUT2D eigenvalue weighted by molar-refractivity contribution is -0.142. The minimum atomic E-state index is -0.576. The molecule has 0 saturated heterocycles. The fourth-order valence-electron chi connectivity index (χ4n) is 5.12. The largest absolute Gasteiger partial charge is 0.466 e. The van der Waals surface area contributed by atoms with E-state index in [1.165, 1.54) is 12.5 Å². The molecule has 1 saturated carbocycles. The summed E-state index contributed by atoms with van der Waals surface area (Å²) in [6, 6.07) is 10.1. The van der Waals surface area contributed by atoms with Gasteiger partial charge in [-0.1, -0.05) is 54.1 Å². The normalized spacial score (nSPS) is 23.4. The summed E-state index contributed by atoms with van der Waals surface area (Å²) in [7, 11) is 0. The molecule has 0 bridgehead atoms. The number of allylic oxidation sites excluding steroid dienone is 3. The number of aryl methyl sites for hydroxylation is 1. The van der Waals surface area contributed by atoms with Gasteiger partial charge >= 0.3 is 5.97 Å². The minimum Gasteiger partial charge on any atom is -0.466 e. The van der Waals surface area contributed by atoms with Crippen LogP contribution < -0.4 is 5.32 Å². The Labute approximate surface area is 210 Å². The Morgan fingerprint density at radius 3 is 2.63 bits per heavy atom. The van der Waals surface area contributed by atoms with Crippen LogP contribution in [0, 0.1) is 17.8 Å². The van der Waals surface area contributed by atoms with E-state index in [1.54, 1.807) is 0 Å². The standard InChI is InChI=1S/C29H43NO5/c1-4-30-28(34)15-11-6-5-10-14-26-27(33)19-24(20-35-22(3)31)29(26)21(2)18-25(32)17-16-23-12-8-7-9-13-23/h5,7-10,12-13,18,24-27,29,32-33H,4,6,11,14-17,19-20H2,1-3H3,(H,30,34). The highest BCUT2D eigenvalue weighted by atomic mass is 16.5. The average Bonchev–Trinajstić information content (AvgIpc) is 3.14. The van der Waals surface area contributed by atoms with E-state index >= 15 is 0 Å². The number of hydrogen-bond acceptors (Lipinski definition) is 5. The molecule has 0 heterocycles. The molecule has 1 aromatic rings. The third-order valence-electron chi connectivity index (χ3n) is 6.78. The molecule has 1 aliphatic carbocycles. The Morgan fingerprint density at radius 1 is 1.20 bits per heavy atom. The SMILES string of the molecule is CCNC(=O)CCCC=CCC1C(O)CC(COC(C)=O)C1C(C)=CC(O)CCc1ccccc1. The van der Waals surface area contributed by atoms with Crippen molar-refractivity contribution < 1.29 is 24.5 Å². The van der Waals surface area contributed by atoms with Crippen LogP contribution in [-0.2, 0) is 20.7 Å². The molecule has 1 aromatic carbocycles. The first kappa shape index (κ1) is 28.8. The lowest BCUT2D eigenvalue weighted by Gasteiger charge is -2.26. The number of aliphatic hydroxyl groups is 2. The molecule has 0 radical (unpaired) electrons. The molecule has 6 heteroatoms. The summed E-state index contributed by atoms with van der Waals surface area (Å²) in [5, 5.41) is 24.3. The van der Waals surface area contributed by atoms with E-state index in [0.29, 0.717) is 32.2 Å². The van der Waals surface area contributed by atoms with E-state index in [2.05, 4.69) is 29.6 Å². The Bertz CT molecular complexity index is 835. The monoisotopic (exact) mass is 485 g/mol. The number of ether oxygens (including phenoxy) is 1. The van der Waals surface area contributed by atoms with Crippen molar-refractivity contribution >= 4 is 11.9 Å². The van der Waals surface area contributed by atoms with Crippen LogP contribution in [0.4, 0.5) is 0 Å². The molecule has 35 heavy (non-hydrogen) atoms. The van der Waals surface area contributed by atoms with Gasteiger partial charge in [0, 0.05) is 25.8 Å². The second-order valence-corrected chi connectivity index (χ2v) is 9.61. The lowest BCUT2D eigenvalue weighted by atomic mass is 9.81. The number of nitrogens with one attached hydrogen (secondary N) is 1. The zero-order chi connectivity index (χ0) is 25.6. The smallest absolute Gasteiger partial charge is 0.302 e. The second-order valence-electron chi connectivity index (χ2n) is 9.61. The van der Waals surface area contributed by atoms with Gasteiger partial charge in [0.2, 0.25) is 5.91 Å². The number of rotatable bonds is 14. The lowest BCUT2D eigenvalue weighted by Crippen LogP contribution is -2.24. The van der Waals surface area contributed by atoms with Crippen molar-refractivity contribution in [2.45, 2.75) is 77.9 Å². The summed E-state index contributed by atoms with van der Waals surface area (Å²) in [5.74, 6) is -0.212. The second kappa shape index (κ2) is 15.5. The summed E-state index contributed by atoms with van der Waals surface area (Å²) in [6.45, 7) is 6.25. The van der Waals surface area contributed by atoms with Gasteiger partial charge in [-0.2, -0.15) is 0 Å². The third kappa shape index (κ3) is 10.4. The van der Waals surface area contributed by atoms with Crippen LogP contribution >= 0.6 is 0 Å². The fourth-order valence-corrected chi connectivity index (χ4v) is 5.12. The highest BCUT2D eigenvalue weighted by Crippen LogP contribution is 2.44. The molecule has 0 aliphatic heterocycles. The molecule has 6 nitrogen and oxygen atoms in total. The zero-order valence-electron chi connectivity index (χ0n) is 21.5. The Balaban J connectivity index is 2.00. The van der Waals surface area contributed by atoms with Gasteiger partial charge in [0.1, 0.15) is 0 Å². The zero-order valence-corrected chi connectivity index (χ0v) is 21.5. The number of carbonyl (C=O) groups excluding carboxylic acids is 2. The maximum atomic E-state index is 11.6. The van der Waals surface area contributed by atoms with Crippen molar-refractivity contribution in [3.63, 3.8) is 0 Å². The van der Waals surface area contributed by atoms with E-state index in [0.717, 1.165) is 24.8 Å². The van der Waals surface area contributed by atoms with E-state index in [9.17, 15) is 19.8 Å². The quantitative estimate of drug-likeness (QED) is 0.207. The van der Waals surface area contributed by atoms with E-state index in [-0.39, 0.29) is 36.2 Å². The molecule has 0 aromatic heterocycles. The van der Waals surface area contributed by atoms with Crippen molar-refractivity contribution in [1.82, 2.24) is 5.32 Å². The first-order valence-electron chi connectivity index (χ1n) is 12.9. The number of carbonyl (C=O) groups is 2. The molecule has 5 unspecified atom stereocenters.